The fourth-order valence-electron chi connectivity index (χ4n) is 0.913. The van der Waals surface area contributed by atoms with E-state index in [0.29, 0.717) is 5.69 Å². The maximum atomic E-state index is 10.3. The molecule has 0 spiro atoms. The van der Waals surface area contributed by atoms with Gasteiger partial charge in [0.05, 0.1) is 12.1 Å². The molecule has 0 radical (unpaired) electrons. The zero-order chi connectivity index (χ0) is 8.97. The van der Waals surface area contributed by atoms with Gasteiger partial charge in [0, 0.05) is 12.7 Å². The summed E-state index contributed by atoms with van der Waals surface area (Å²) in [5.74, 6) is -0.876. The number of nitrogens with zero attached hydrogens (tertiary/aromatic N) is 3. The van der Waals surface area contributed by atoms with Gasteiger partial charge in [0.1, 0.15) is 0 Å². The van der Waals surface area contributed by atoms with Gasteiger partial charge in [-0.2, -0.15) is 0 Å². The van der Waals surface area contributed by atoms with E-state index in [1.165, 1.54) is 0 Å². The van der Waals surface area contributed by atoms with Crippen molar-refractivity contribution in [2.75, 3.05) is 0 Å². The molecule has 0 unspecified atom stereocenters. The first-order chi connectivity index (χ1) is 5.72. The van der Waals surface area contributed by atoms with Gasteiger partial charge in [0.25, 0.3) is 0 Å². The molecule has 0 amide bonds. The van der Waals surface area contributed by atoms with Crippen molar-refractivity contribution in [3.8, 4) is 0 Å². The minimum absolute atomic E-state index is 0.0519. The lowest BCUT2D eigenvalue weighted by Gasteiger charge is -1.92. The topological polar surface area (TPSA) is 68.0 Å². The van der Waals surface area contributed by atoms with Crippen LogP contribution in [0.1, 0.15) is 19.0 Å². The first kappa shape index (κ1) is 8.70. The van der Waals surface area contributed by atoms with Crippen molar-refractivity contribution in [2.24, 2.45) is 0 Å². The number of rotatable bonds is 4. The lowest BCUT2D eigenvalue weighted by Crippen LogP contribution is -2.00. The third kappa shape index (κ3) is 2.34. The molecule has 1 aromatic heterocycles. The Kier molecular flexibility index (Phi) is 2.79. The molecule has 0 atom stereocenters. The van der Waals surface area contributed by atoms with E-state index in [-0.39, 0.29) is 6.42 Å². The molecule has 1 N–H and O–H groups in total. The molecule has 5 nitrogen and oxygen atoms in total. The Hall–Kier alpha value is -1.39. The van der Waals surface area contributed by atoms with E-state index in [1.54, 1.807) is 10.9 Å². The van der Waals surface area contributed by atoms with E-state index in [4.69, 9.17) is 5.11 Å². The maximum absolute atomic E-state index is 10.3. The lowest BCUT2D eigenvalue weighted by molar-refractivity contribution is -0.136. The number of aromatic nitrogens is 3. The SMILES string of the molecule is CCCn1cc(CC(=O)O)nn1. The number of carboxylic acid groups (broad SMARTS) is 1. The molecule has 0 aliphatic carbocycles. The first-order valence-electron chi connectivity index (χ1n) is 3.83. The summed E-state index contributed by atoms with van der Waals surface area (Å²) >= 11 is 0. The summed E-state index contributed by atoms with van der Waals surface area (Å²) in [5, 5.41) is 15.9. The molecular formula is C7H11N3O2. The summed E-state index contributed by atoms with van der Waals surface area (Å²) in [6, 6.07) is 0. The van der Waals surface area contributed by atoms with Gasteiger partial charge in [-0.3, -0.25) is 9.48 Å². The van der Waals surface area contributed by atoms with Gasteiger partial charge >= 0.3 is 5.97 Å². The Labute approximate surface area is 70.0 Å². The van der Waals surface area contributed by atoms with Crippen molar-refractivity contribution in [1.82, 2.24) is 15.0 Å². The highest BCUT2D eigenvalue weighted by molar-refractivity contribution is 5.69. The fraction of sp³-hybridized carbons (Fsp3) is 0.571. The molecule has 5 heteroatoms. The summed E-state index contributed by atoms with van der Waals surface area (Å²) in [4.78, 5) is 10.3. The van der Waals surface area contributed by atoms with Crippen LogP contribution in [0.4, 0.5) is 0 Å². The van der Waals surface area contributed by atoms with Crippen molar-refractivity contribution in [3.05, 3.63) is 11.9 Å². The molecule has 1 heterocycles. The van der Waals surface area contributed by atoms with E-state index >= 15 is 0 Å². The molecule has 0 aromatic carbocycles. The Morgan fingerprint density at radius 1 is 1.75 bits per heavy atom. The highest BCUT2D eigenvalue weighted by Crippen LogP contribution is 1.95. The Morgan fingerprint density at radius 2 is 2.50 bits per heavy atom. The second-order valence-electron chi connectivity index (χ2n) is 2.54. The molecule has 1 rings (SSSR count). The van der Waals surface area contributed by atoms with Gasteiger partial charge in [-0.15, -0.1) is 5.10 Å². The van der Waals surface area contributed by atoms with Crippen LogP contribution < -0.4 is 0 Å². The zero-order valence-electron chi connectivity index (χ0n) is 6.90. The van der Waals surface area contributed by atoms with Crippen LogP contribution in [0.25, 0.3) is 0 Å². The third-order valence-corrected chi connectivity index (χ3v) is 1.37. The zero-order valence-corrected chi connectivity index (χ0v) is 6.90. The van der Waals surface area contributed by atoms with Gasteiger partial charge in [-0.1, -0.05) is 12.1 Å². The monoisotopic (exact) mass is 169 g/mol. The van der Waals surface area contributed by atoms with Crippen LogP contribution in [0.5, 0.6) is 0 Å². The fourth-order valence-corrected chi connectivity index (χ4v) is 0.913. The quantitative estimate of drug-likeness (QED) is 0.704. The minimum atomic E-state index is -0.876. The largest absolute Gasteiger partial charge is 0.481 e. The standard InChI is InChI=1S/C7H11N3O2/c1-2-3-10-5-6(8-9-10)4-7(11)12/h5H,2-4H2,1H3,(H,11,12). The van der Waals surface area contributed by atoms with Crippen molar-refractivity contribution >= 4 is 5.97 Å². The first-order valence-corrected chi connectivity index (χ1v) is 3.83. The highest BCUT2D eigenvalue weighted by atomic mass is 16.4. The van der Waals surface area contributed by atoms with Crippen molar-refractivity contribution in [1.29, 1.82) is 0 Å². The Bertz CT molecular complexity index is 269. The lowest BCUT2D eigenvalue weighted by atomic mass is 10.3. The number of carbonyl (C=O) groups is 1. The number of aryl methyl sites for hydroxylation is 1. The maximum Gasteiger partial charge on any atom is 0.309 e. The molecule has 0 aliphatic heterocycles. The minimum Gasteiger partial charge on any atom is -0.481 e. The molecule has 0 aliphatic rings. The van der Waals surface area contributed by atoms with Crippen molar-refractivity contribution in [3.63, 3.8) is 0 Å². The average molecular weight is 169 g/mol. The third-order valence-electron chi connectivity index (χ3n) is 1.37. The van der Waals surface area contributed by atoms with Crippen molar-refractivity contribution < 1.29 is 9.90 Å². The van der Waals surface area contributed by atoms with E-state index in [1.807, 2.05) is 6.92 Å². The summed E-state index contributed by atoms with van der Waals surface area (Å²) in [5.41, 5.74) is 0.510. The average Bonchev–Trinajstić information content (AvgIpc) is 2.36. The van der Waals surface area contributed by atoms with Crippen LogP contribution in [0.15, 0.2) is 6.20 Å². The normalized spacial score (nSPS) is 10.1. The summed E-state index contributed by atoms with van der Waals surface area (Å²) in [6.45, 7) is 2.81. The molecule has 12 heavy (non-hydrogen) atoms. The molecule has 0 saturated heterocycles. The molecule has 0 bridgehead atoms. The number of hydrogen-bond acceptors (Lipinski definition) is 3. The van der Waals surface area contributed by atoms with Crippen LogP contribution in [0, 0.1) is 0 Å². The van der Waals surface area contributed by atoms with Gasteiger partial charge in [0.15, 0.2) is 0 Å². The second-order valence-corrected chi connectivity index (χ2v) is 2.54. The smallest absolute Gasteiger partial charge is 0.309 e. The molecule has 1 aromatic rings. The number of hydrogen-bond donors (Lipinski definition) is 1. The number of carboxylic acids is 1. The van der Waals surface area contributed by atoms with Crippen LogP contribution in [-0.4, -0.2) is 26.1 Å². The van der Waals surface area contributed by atoms with Gasteiger partial charge < -0.3 is 5.11 Å². The van der Waals surface area contributed by atoms with Gasteiger partial charge in [-0.25, -0.2) is 0 Å². The van der Waals surface area contributed by atoms with E-state index in [0.717, 1.165) is 13.0 Å². The van der Waals surface area contributed by atoms with E-state index in [2.05, 4.69) is 10.3 Å². The summed E-state index contributed by atoms with van der Waals surface area (Å²) in [6.07, 6.45) is 2.58. The van der Waals surface area contributed by atoms with Crippen LogP contribution in [0.3, 0.4) is 0 Å². The molecular weight excluding hydrogens is 158 g/mol. The van der Waals surface area contributed by atoms with Crippen LogP contribution >= 0.6 is 0 Å². The van der Waals surface area contributed by atoms with E-state index < -0.39 is 5.97 Å². The van der Waals surface area contributed by atoms with Gasteiger partial charge in [-0.05, 0) is 6.42 Å². The van der Waals surface area contributed by atoms with Crippen molar-refractivity contribution in [2.45, 2.75) is 26.3 Å². The second kappa shape index (κ2) is 3.85. The van der Waals surface area contributed by atoms with Gasteiger partial charge in [0.2, 0.25) is 0 Å². The van der Waals surface area contributed by atoms with Crippen LogP contribution in [-0.2, 0) is 17.8 Å². The highest BCUT2D eigenvalue weighted by Gasteiger charge is 2.04. The molecule has 0 saturated carbocycles. The molecule has 66 valence electrons. The summed E-state index contributed by atoms with van der Waals surface area (Å²) < 4.78 is 1.65. The predicted octanol–water partition coefficient (Wildman–Crippen LogP) is 0.315. The van der Waals surface area contributed by atoms with E-state index in [9.17, 15) is 4.79 Å². The Morgan fingerprint density at radius 3 is 3.08 bits per heavy atom. The Balaban J connectivity index is 2.58. The predicted molar refractivity (Wildman–Crippen MR) is 41.7 cm³/mol. The molecule has 0 fully saturated rings. The summed E-state index contributed by atoms with van der Waals surface area (Å²) in [7, 11) is 0. The van der Waals surface area contributed by atoms with Crippen LogP contribution in [0.2, 0.25) is 0 Å². The number of aliphatic carboxylic acids is 1.